The van der Waals surface area contributed by atoms with E-state index in [1.165, 1.54) is 11.3 Å². The number of benzene rings is 2. The molecule has 1 aromatic heterocycles. The van der Waals surface area contributed by atoms with Gasteiger partial charge in [0, 0.05) is 11.7 Å². The third-order valence-corrected chi connectivity index (χ3v) is 5.78. The Bertz CT molecular complexity index is 1100. The average Bonchev–Trinajstić information content (AvgIpc) is 2.96. The van der Waals surface area contributed by atoms with E-state index >= 15 is 0 Å². The molecule has 29 heavy (non-hydrogen) atoms. The lowest BCUT2D eigenvalue weighted by molar-refractivity contribution is -0.122. The zero-order valence-electron chi connectivity index (χ0n) is 17.8. The van der Waals surface area contributed by atoms with Crippen molar-refractivity contribution >= 4 is 33.1 Å². The van der Waals surface area contributed by atoms with Gasteiger partial charge >= 0.3 is 4.87 Å². The minimum atomic E-state index is -0.649. The molecule has 0 aliphatic rings. The van der Waals surface area contributed by atoms with Crippen LogP contribution in [0.25, 0.3) is 10.2 Å². The molecule has 1 heterocycles. The summed E-state index contributed by atoms with van der Waals surface area (Å²) < 4.78 is 8.62. The van der Waals surface area contributed by atoms with E-state index in [0.29, 0.717) is 11.6 Å². The largest absolute Gasteiger partial charge is 0.481 e. The molecule has 3 rings (SSSR count). The van der Waals surface area contributed by atoms with Crippen LogP contribution in [-0.2, 0) is 4.79 Å². The lowest BCUT2D eigenvalue weighted by Gasteiger charge is -2.19. The molecular formula is C23H28N2O3S. The van der Waals surface area contributed by atoms with Gasteiger partial charge in [0.25, 0.3) is 5.91 Å². The van der Waals surface area contributed by atoms with E-state index in [1.54, 1.807) is 11.5 Å². The molecule has 3 aromatic rings. The van der Waals surface area contributed by atoms with Crippen molar-refractivity contribution in [3.63, 3.8) is 0 Å². The van der Waals surface area contributed by atoms with E-state index in [-0.39, 0.29) is 16.8 Å². The van der Waals surface area contributed by atoms with Gasteiger partial charge in [-0.1, -0.05) is 37.3 Å². The van der Waals surface area contributed by atoms with Crippen molar-refractivity contribution < 1.29 is 9.53 Å². The summed E-state index contributed by atoms with van der Waals surface area (Å²) in [5.41, 5.74) is 3.71. The van der Waals surface area contributed by atoms with Crippen LogP contribution in [0.1, 0.15) is 57.7 Å². The smallest absolute Gasteiger partial charge is 0.308 e. The van der Waals surface area contributed by atoms with E-state index in [1.807, 2.05) is 45.0 Å². The number of rotatable bonds is 6. The number of amides is 1. The highest BCUT2D eigenvalue weighted by Crippen LogP contribution is 2.29. The highest BCUT2D eigenvalue weighted by atomic mass is 32.1. The van der Waals surface area contributed by atoms with Gasteiger partial charge < -0.3 is 10.1 Å². The number of anilines is 1. The van der Waals surface area contributed by atoms with Gasteiger partial charge in [0.05, 0.1) is 10.2 Å². The second kappa shape index (κ2) is 8.41. The Morgan fingerprint density at radius 3 is 2.45 bits per heavy atom. The zero-order chi connectivity index (χ0) is 21.3. The summed E-state index contributed by atoms with van der Waals surface area (Å²) in [6, 6.07) is 11.7. The second-order valence-corrected chi connectivity index (χ2v) is 8.95. The Kier molecular flexibility index (Phi) is 6.13. The number of ether oxygens (including phenoxy) is 1. The van der Waals surface area contributed by atoms with Gasteiger partial charge in [-0.3, -0.25) is 14.2 Å². The molecule has 6 heteroatoms. The van der Waals surface area contributed by atoms with Crippen LogP contribution in [0.3, 0.4) is 0 Å². The fraction of sp³-hybridized carbons (Fsp3) is 0.391. The van der Waals surface area contributed by atoms with Crippen molar-refractivity contribution in [2.24, 2.45) is 0 Å². The molecule has 0 unspecified atom stereocenters. The predicted octanol–water partition coefficient (Wildman–Crippen LogP) is 5.48. The number of nitrogens with zero attached hydrogens (tertiary/aromatic N) is 1. The van der Waals surface area contributed by atoms with Gasteiger partial charge in [0.2, 0.25) is 0 Å². The Balaban J connectivity index is 1.78. The molecule has 0 fully saturated rings. The summed E-state index contributed by atoms with van der Waals surface area (Å²) in [6.07, 6.45) is -0.649. The number of hydrogen-bond donors (Lipinski definition) is 1. The predicted molar refractivity (Wildman–Crippen MR) is 120 cm³/mol. The number of aryl methyl sites for hydroxylation is 1. The van der Waals surface area contributed by atoms with E-state index in [0.717, 1.165) is 27.1 Å². The van der Waals surface area contributed by atoms with E-state index in [2.05, 4.69) is 31.3 Å². The van der Waals surface area contributed by atoms with Crippen molar-refractivity contribution in [3.05, 3.63) is 57.2 Å². The number of aromatic nitrogens is 1. The summed E-state index contributed by atoms with van der Waals surface area (Å²) >= 11 is 1.19. The molecule has 1 amide bonds. The van der Waals surface area contributed by atoms with Crippen molar-refractivity contribution in [1.29, 1.82) is 0 Å². The number of thiazole rings is 1. The van der Waals surface area contributed by atoms with Gasteiger partial charge in [0.15, 0.2) is 6.10 Å². The van der Waals surface area contributed by atoms with Gasteiger partial charge in [-0.25, -0.2) is 0 Å². The Morgan fingerprint density at radius 1 is 1.07 bits per heavy atom. The molecule has 0 spiro atoms. The summed E-state index contributed by atoms with van der Waals surface area (Å²) in [5.74, 6) is 0.817. The molecule has 2 aromatic carbocycles. The monoisotopic (exact) mass is 412 g/mol. The van der Waals surface area contributed by atoms with Crippen LogP contribution in [0, 0.1) is 6.92 Å². The quantitative estimate of drug-likeness (QED) is 0.583. The van der Waals surface area contributed by atoms with Gasteiger partial charge in [-0.2, -0.15) is 0 Å². The number of nitrogens with one attached hydrogen (secondary N) is 1. The van der Waals surface area contributed by atoms with E-state index < -0.39 is 6.10 Å². The van der Waals surface area contributed by atoms with Gasteiger partial charge in [-0.05, 0) is 69.0 Å². The van der Waals surface area contributed by atoms with E-state index in [4.69, 9.17) is 4.74 Å². The Hall–Kier alpha value is -2.60. The van der Waals surface area contributed by atoms with Crippen molar-refractivity contribution in [2.75, 3.05) is 5.32 Å². The minimum Gasteiger partial charge on any atom is -0.481 e. The first-order chi connectivity index (χ1) is 13.7. The number of carbonyl (C=O) groups excluding carboxylic acids is 1. The summed E-state index contributed by atoms with van der Waals surface area (Å²) in [7, 11) is 0. The Morgan fingerprint density at radius 2 is 1.79 bits per heavy atom. The van der Waals surface area contributed by atoms with Crippen LogP contribution in [0.5, 0.6) is 5.75 Å². The second-order valence-electron chi connectivity index (χ2n) is 7.96. The molecule has 0 aliphatic carbocycles. The first-order valence-electron chi connectivity index (χ1n) is 9.90. The molecule has 0 aliphatic heterocycles. The molecule has 1 N–H and O–H groups in total. The average molecular weight is 413 g/mol. The molecular weight excluding hydrogens is 384 g/mol. The molecule has 0 saturated heterocycles. The van der Waals surface area contributed by atoms with Gasteiger partial charge in [0.1, 0.15) is 5.75 Å². The van der Waals surface area contributed by atoms with E-state index in [9.17, 15) is 9.59 Å². The maximum absolute atomic E-state index is 12.7. The fourth-order valence-electron chi connectivity index (χ4n) is 3.31. The maximum Gasteiger partial charge on any atom is 0.308 e. The topological polar surface area (TPSA) is 60.3 Å². The zero-order valence-corrected chi connectivity index (χ0v) is 18.6. The molecule has 154 valence electrons. The summed E-state index contributed by atoms with van der Waals surface area (Å²) in [5, 5.41) is 2.91. The maximum atomic E-state index is 12.7. The lowest BCUT2D eigenvalue weighted by atomic mass is 10.0. The third-order valence-electron chi connectivity index (χ3n) is 4.86. The van der Waals surface area contributed by atoms with Crippen LogP contribution < -0.4 is 14.9 Å². The van der Waals surface area contributed by atoms with Crippen molar-refractivity contribution in [3.8, 4) is 5.75 Å². The van der Waals surface area contributed by atoms with Crippen LogP contribution in [0.15, 0.2) is 41.2 Å². The molecule has 0 saturated carbocycles. The van der Waals surface area contributed by atoms with Crippen LogP contribution in [0.4, 0.5) is 5.69 Å². The standard InChI is InChI=1S/C23H28N2O3S/c1-13(2)18-9-7-15(5)11-20(18)28-16(6)22(26)24-17-8-10-19-21(12-17)29-23(27)25(19)14(3)4/h7-14,16H,1-6H3,(H,24,26)/t16-/m0/s1. The van der Waals surface area contributed by atoms with Crippen molar-refractivity contribution in [2.45, 2.75) is 59.6 Å². The molecule has 1 atom stereocenters. The summed E-state index contributed by atoms with van der Waals surface area (Å²) in [4.78, 5) is 24.9. The van der Waals surface area contributed by atoms with Crippen LogP contribution in [-0.4, -0.2) is 16.6 Å². The van der Waals surface area contributed by atoms with Crippen LogP contribution >= 0.6 is 11.3 Å². The van der Waals surface area contributed by atoms with Crippen LogP contribution in [0.2, 0.25) is 0 Å². The van der Waals surface area contributed by atoms with Gasteiger partial charge in [-0.15, -0.1) is 0 Å². The number of fused-ring (bicyclic) bond motifs is 1. The lowest BCUT2D eigenvalue weighted by Crippen LogP contribution is -2.30. The Labute approximate surface area is 175 Å². The number of carbonyl (C=O) groups is 1. The first kappa shape index (κ1) is 21.1. The number of hydrogen-bond acceptors (Lipinski definition) is 4. The minimum absolute atomic E-state index is 0.0100. The summed E-state index contributed by atoms with van der Waals surface area (Å²) in [6.45, 7) is 11.9. The first-order valence-corrected chi connectivity index (χ1v) is 10.7. The normalized spacial score (nSPS) is 12.6. The third kappa shape index (κ3) is 4.53. The SMILES string of the molecule is Cc1ccc(C(C)C)c(O[C@@H](C)C(=O)Nc2ccc3c(c2)sc(=O)n3C(C)C)c1. The molecule has 0 radical (unpaired) electrons. The fourth-order valence-corrected chi connectivity index (χ4v) is 4.36. The molecule has 5 nitrogen and oxygen atoms in total. The molecule has 0 bridgehead atoms. The highest BCUT2D eigenvalue weighted by molar-refractivity contribution is 7.16. The van der Waals surface area contributed by atoms with Crippen molar-refractivity contribution in [1.82, 2.24) is 4.57 Å². The highest BCUT2D eigenvalue weighted by Gasteiger charge is 2.19.